The normalized spacial score (nSPS) is 10.2. The van der Waals surface area contributed by atoms with E-state index in [9.17, 15) is 4.79 Å². The van der Waals surface area contributed by atoms with Gasteiger partial charge in [0.25, 0.3) is 5.56 Å². The van der Waals surface area contributed by atoms with Gasteiger partial charge in [-0.25, -0.2) is 5.10 Å². The average molecular weight is 315 g/mol. The smallest absolute Gasteiger partial charge is 0.280 e. The van der Waals surface area contributed by atoms with Crippen LogP contribution in [0.2, 0.25) is 5.02 Å². The average Bonchev–Trinajstić information content (AvgIpc) is 2.33. The van der Waals surface area contributed by atoms with Gasteiger partial charge in [0.1, 0.15) is 4.47 Å². The first-order valence-corrected chi connectivity index (χ1v) is 6.05. The molecule has 0 aliphatic carbocycles. The Morgan fingerprint density at radius 3 is 2.76 bits per heavy atom. The van der Waals surface area contributed by atoms with E-state index in [0.717, 1.165) is 5.56 Å². The van der Waals surface area contributed by atoms with E-state index in [1.807, 2.05) is 24.3 Å². The van der Waals surface area contributed by atoms with E-state index < -0.39 is 0 Å². The van der Waals surface area contributed by atoms with Crippen LogP contribution in [0, 0.1) is 0 Å². The monoisotopic (exact) mass is 313 g/mol. The fraction of sp³-hybridized carbons (Fsp3) is 0.0909. The van der Waals surface area contributed by atoms with E-state index in [4.69, 9.17) is 11.6 Å². The number of benzene rings is 1. The standard InChI is InChI=1S/C11H9BrClN3O/c12-10-9(6-15-16-11(10)17)14-5-7-1-3-8(13)4-2-7/h1-4,6H,5H2,(H2,14,16,17). The van der Waals surface area contributed by atoms with Crippen molar-refractivity contribution in [1.82, 2.24) is 10.2 Å². The highest BCUT2D eigenvalue weighted by Gasteiger charge is 2.03. The van der Waals surface area contributed by atoms with Crippen LogP contribution in [0.3, 0.4) is 0 Å². The summed E-state index contributed by atoms with van der Waals surface area (Å²) < 4.78 is 0.446. The molecule has 0 radical (unpaired) electrons. The van der Waals surface area contributed by atoms with Gasteiger partial charge in [0.05, 0.1) is 11.9 Å². The van der Waals surface area contributed by atoms with E-state index in [1.165, 1.54) is 0 Å². The van der Waals surface area contributed by atoms with Gasteiger partial charge in [-0.15, -0.1) is 0 Å². The van der Waals surface area contributed by atoms with Crippen LogP contribution in [0.5, 0.6) is 0 Å². The summed E-state index contributed by atoms with van der Waals surface area (Å²) in [5.74, 6) is 0. The van der Waals surface area contributed by atoms with E-state index in [1.54, 1.807) is 6.20 Å². The van der Waals surface area contributed by atoms with Gasteiger partial charge >= 0.3 is 0 Å². The van der Waals surface area contributed by atoms with Gasteiger partial charge < -0.3 is 5.32 Å². The van der Waals surface area contributed by atoms with Crippen LogP contribution in [0.25, 0.3) is 0 Å². The second kappa shape index (κ2) is 5.33. The van der Waals surface area contributed by atoms with Crippen LogP contribution in [0.15, 0.2) is 39.7 Å². The lowest BCUT2D eigenvalue weighted by molar-refractivity contribution is 0.971. The number of hydrogen-bond acceptors (Lipinski definition) is 3. The molecule has 0 saturated carbocycles. The maximum absolute atomic E-state index is 11.3. The summed E-state index contributed by atoms with van der Waals surface area (Å²) in [6, 6.07) is 7.49. The number of hydrogen-bond donors (Lipinski definition) is 2. The first-order valence-electron chi connectivity index (χ1n) is 4.88. The predicted molar refractivity (Wildman–Crippen MR) is 71.3 cm³/mol. The molecule has 88 valence electrons. The zero-order chi connectivity index (χ0) is 12.3. The summed E-state index contributed by atoms with van der Waals surface area (Å²) in [6.07, 6.45) is 1.56. The molecule has 0 aliphatic rings. The van der Waals surface area contributed by atoms with Gasteiger partial charge in [-0.3, -0.25) is 4.79 Å². The number of anilines is 1. The molecule has 0 bridgehead atoms. The highest BCUT2D eigenvalue weighted by molar-refractivity contribution is 9.10. The lowest BCUT2D eigenvalue weighted by atomic mass is 10.2. The zero-order valence-electron chi connectivity index (χ0n) is 8.71. The summed E-state index contributed by atoms with van der Waals surface area (Å²) in [5, 5.41) is 9.87. The topological polar surface area (TPSA) is 57.8 Å². The first kappa shape index (κ1) is 12.1. The van der Waals surface area contributed by atoms with Crippen LogP contribution in [-0.2, 0) is 6.54 Å². The van der Waals surface area contributed by atoms with Crippen LogP contribution in [0.4, 0.5) is 5.69 Å². The quantitative estimate of drug-likeness (QED) is 0.916. The molecule has 0 spiro atoms. The predicted octanol–water partition coefficient (Wildman–Crippen LogP) is 2.80. The summed E-state index contributed by atoms with van der Waals surface area (Å²) in [6.45, 7) is 0.598. The van der Waals surface area contributed by atoms with Crippen molar-refractivity contribution in [2.75, 3.05) is 5.32 Å². The van der Waals surface area contributed by atoms with Gasteiger partial charge in [-0.1, -0.05) is 23.7 Å². The fourth-order valence-electron chi connectivity index (χ4n) is 1.31. The fourth-order valence-corrected chi connectivity index (χ4v) is 1.76. The van der Waals surface area contributed by atoms with Gasteiger partial charge in [0, 0.05) is 11.6 Å². The van der Waals surface area contributed by atoms with Crippen molar-refractivity contribution < 1.29 is 0 Å². The Morgan fingerprint density at radius 2 is 2.06 bits per heavy atom. The Hall–Kier alpha value is -1.33. The molecular weight excluding hydrogens is 305 g/mol. The number of nitrogens with one attached hydrogen (secondary N) is 2. The Balaban J connectivity index is 2.10. The van der Waals surface area contributed by atoms with Crippen molar-refractivity contribution in [3.63, 3.8) is 0 Å². The molecule has 0 atom stereocenters. The lowest BCUT2D eigenvalue weighted by Gasteiger charge is -2.07. The van der Waals surface area contributed by atoms with E-state index >= 15 is 0 Å². The third-order valence-electron chi connectivity index (χ3n) is 2.19. The highest BCUT2D eigenvalue weighted by Crippen LogP contribution is 2.17. The van der Waals surface area contributed by atoms with Crippen molar-refractivity contribution in [3.05, 3.63) is 55.9 Å². The first-order chi connectivity index (χ1) is 8.16. The maximum atomic E-state index is 11.3. The zero-order valence-corrected chi connectivity index (χ0v) is 11.0. The molecule has 0 amide bonds. The number of rotatable bonds is 3. The molecule has 1 aromatic heterocycles. The second-order valence-corrected chi connectivity index (χ2v) is 4.64. The van der Waals surface area contributed by atoms with Crippen LogP contribution in [0.1, 0.15) is 5.56 Å². The Morgan fingerprint density at radius 1 is 1.35 bits per heavy atom. The largest absolute Gasteiger partial charge is 0.379 e. The van der Waals surface area contributed by atoms with Crippen molar-refractivity contribution in [1.29, 1.82) is 0 Å². The number of halogens is 2. The van der Waals surface area contributed by atoms with E-state index in [0.29, 0.717) is 21.7 Å². The molecule has 0 aliphatic heterocycles. The summed E-state index contributed by atoms with van der Waals surface area (Å²) in [4.78, 5) is 11.3. The van der Waals surface area contributed by atoms with Gasteiger partial charge in [0.15, 0.2) is 0 Å². The molecule has 2 aromatic rings. The summed E-state index contributed by atoms with van der Waals surface area (Å²) >= 11 is 8.99. The van der Waals surface area contributed by atoms with Crippen molar-refractivity contribution in [3.8, 4) is 0 Å². The molecule has 2 rings (SSSR count). The molecule has 0 saturated heterocycles. The molecule has 2 N–H and O–H groups in total. The Kier molecular flexibility index (Phi) is 3.81. The molecule has 1 aromatic carbocycles. The van der Waals surface area contributed by atoms with Crippen molar-refractivity contribution in [2.45, 2.75) is 6.54 Å². The minimum atomic E-state index is -0.258. The van der Waals surface area contributed by atoms with Crippen molar-refractivity contribution >= 4 is 33.2 Å². The molecular formula is C11H9BrClN3O. The van der Waals surface area contributed by atoms with Crippen LogP contribution >= 0.6 is 27.5 Å². The number of aromatic amines is 1. The molecule has 17 heavy (non-hydrogen) atoms. The number of nitrogens with zero attached hydrogens (tertiary/aromatic N) is 1. The summed E-state index contributed by atoms with van der Waals surface area (Å²) in [7, 11) is 0. The van der Waals surface area contributed by atoms with Gasteiger partial charge in [-0.2, -0.15) is 5.10 Å². The Labute approximate surface area is 111 Å². The number of H-pyrrole nitrogens is 1. The van der Waals surface area contributed by atoms with Crippen molar-refractivity contribution in [2.24, 2.45) is 0 Å². The minimum Gasteiger partial charge on any atom is -0.379 e. The second-order valence-electron chi connectivity index (χ2n) is 3.41. The van der Waals surface area contributed by atoms with E-state index in [-0.39, 0.29) is 5.56 Å². The molecule has 6 heteroatoms. The van der Waals surface area contributed by atoms with Crippen LogP contribution < -0.4 is 10.9 Å². The molecule has 0 fully saturated rings. The molecule has 0 unspecified atom stereocenters. The van der Waals surface area contributed by atoms with Crippen LogP contribution in [-0.4, -0.2) is 10.2 Å². The Bertz CT molecular complexity index is 568. The maximum Gasteiger partial charge on any atom is 0.280 e. The third kappa shape index (κ3) is 3.08. The van der Waals surface area contributed by atoms with Gasteiger partial charge in [0.2, 0.25) is 0 Å². The summed E-state index contributed by atoms with van der Waals surface area (Å²) in [5.41, 5.74) is 1.47. The molecule has 4 nitrogen and oxygen atoms in total. The SMILES string of the molecule is O=c1[nH]ncc(NCc2ccc(Cl)cc2)c1Br. The minimum absolute atomic E-state index is 0.258. The third-order valence-corrected chi connectivity index (χ3v) is 3.23. The number of aromatic nitrogens is 2. The van der Waals surface area contributed by atoms with E-state index in [2.05, 4.69) is 31.4 Å². The highest BCUT2D eigenvalue weighted by atomic mass is 79.9. The molecule has 1 heterocycles. The van der Waals surface area contributed by atoms with Gasteiger partial charge in [-0.05, 0) is 33.6 Å². The lowest BCUT2D eigenvalue weighted by Crippen LogP contribution is -2.12.